The van der Waals surface area contributed by atoms with E-state index in [1.54, 1.807) is 14.2 Å². The zero-order chi connectivity index (χ0) is 17.8. The average molecular weight is 434 g/mol. The Kier molecular flexibility index (Phi) is 9.32. The van der Waals surface area contributed by atoms with Crippen molar-refractivity contribution in [3.8, 4) is 22.1 Å². The maximum Gasteiger partial charge on any atom is 0.228 e. The first kappa shape index (κ1) is 23.5. The van der Waals surface area contributed by atoms with Crippen LogP contribution in [0.2, 0.25) is 0 Å². The topological polar surface area (TPSA) is 63.7 Å². The number of amides is 1. The number of benzene rings is 1. The van der Waals surface area contributed by atoms with Gasteiger partial charge in [-0.3, -0.25) is 4.79 Å². The second-order valence-corrected chi connectivity index (χ2v) is 6.89. The van der Waals surface area contributed by atoms with Crippen molar-refractivity contribution in [1.82, 2.24) is 15.2 Å². The van der Waals surface area contributed by atoms with E-state index in [9.17, 15) is 4.79 Å². The molecule has 0 saturated carbocycles. The van der Waals surface area contributed by atoms with Gasteiger partial charge in [0, 0.05) is 36.6 Å². The normalized spacial score (nSPS) is 16.1. The van der Waals surface area contributed by atoms with Gasteiger partial charge in [-0.2, -0.15) is 0 Å². The third kappa shape index (κ3) is 5.48. The van der Waals surface area contributed by atoms with Gasteiger partial charge in [0.15, 0.2) is 11.5 Å². The van der Waals surface area contributed by atoms with E-state index in [1.165, 1.54) is 11.3 Å². The van der Waals surface area contributed by atoms with E-state index in [-0.39, 0.29) is 36.8 Å². The van der Waals surface area contributed by atoms with Crippen LogP contribution in [0.25, 0.3) is 10.6 Å². The van der Waals surface area contributed by atoms with Crippen molar-refractivity contribution in [1.29, 1.82) is 0 Å². The molecule has 6 nitrogen and oxygen atoms in total. The summed E-state index contributed by atoms with van der Waals surface area (Å²) in [6.45, 7) is 4.52. The minimum Gasteiger partial charge on any atom is -0.493 e. The van der Waals surface area contributed by atoms with E-state index in [1.807, 2.05) is 28.5 Å². The Labute approximate surface area is 176 Å². The molecule has 3 rings (SSSR count). The Bertz CT molecular complexity index is 757. The van der Waals surface area contributed by atoms with E-state index in [2.05, 4.69) is 17.2 Å². The largest absolute Gasteiger partial charge is 0.493 e. The van der Waals surface area contributed by atoms with Crippen molar-refractivity contribution in [2.24, 2.45) is 0 Å². The molecule has 1 fully saturated rings. The fraction of sp³-hybridized carbons (Fsp3) is 0.444. The van der Waals surface area contributed by atoms with Gasteiger partial charge in [0.2, 0.25) is 5.91 Å². The van der Waals surface area contributed by atoms with Gasteiger partial charge in [-0.05, 0) is 25.1 Å². The summed E-state index contributed by atoms with van der Waals surface area (Å²) >= 11 is 1.53. The highest BCUT2D eigenvalue weighted by molar-refractivity contribution is 7.13. The maximum atomic E-state index is 12.5. The number of thiazole rings is 1. The Morgan fingerprint density at radius 2 is 2.04 bits per heavy atom. The van der Waals surface area contributed by atoms with Crippen molar-refractivity contribution in [2.75, 3.05) is 33.9 Å². The van der Waals surface area contributed by atoms with Crippen LogP contribution in [0.4, 0.5) is 0 Å². The van der Waals surface area contributed by atoms with Crippen LogP contribution in [0.5, 0.6) is 11.5 Å². The molecule has 9 heteroatoms. The summed E-state index contributed by atoms with van der Waals surface area (Å²) in [4.78, 5) is 19.1. The van der Waals surface area contributed by atoms with Gasteiger partial charge in [0.05, 0.1) is 26.3 Å². The highest BCUT2D eigenvalue weighted by Gasteiger charge is 2.23. The lowest BCUT2D eigenvalue weighted by atomic mass is 10.2. The molecule has 0 unspecified atom stereocenters. The van der Waals surface area contributed by atoms with Crippen molar-refractivity contribution in [2.45, 2.75) is 19.4 Å². The van der Waals surface area contributed by atoms with Crippen LogP contribution >= 0.6 is 36.2 Å². The molecule has 0 bridgehead atoms. The number of nitrogens with zero attached hydrogens (tertiary/aromatic N) is 2. The summed E-state index contributed by atoms with van der Waals surface area (Å²) in [7, 11) is 3.23. The minimum atomic E-state index is 0. The first-order chi connectivity index (χ1) is 12.1. The highest BCUT2D eigenvalue weighted by atomic mass is 35.5. The van der Waals surface area contributed by atoms with E-state index >= 15 is 0 Å². The van der Waals surface area contributed by atoms with Crippen LogP contribution in [0.15, 0.2) is 23.6 Å². The molecule has 1 N–H and O–H groups in total. The van der Waals surface area contributed by atoms with Gasteiger partial charge in [-0.15, -0.1) is 36.2 Å². The number of hydrogen-bond acceptors (Lipinski definition) is 6. The summed E-state index contributed by atoms with van der Waals surface area (Å²) in [6, 6.07) is 5.94. The summed E-state index contributed by atoms with van der Waals surface area (Å²) < 4.78 is 10.6. The average Bonchev–Trinajstić information content (AvgIpc) is 3.09. The van der Waals surface area contributed by atoms with Crippen LogP contribution in [0.3, 0.4) is 0 Å². The molecule has 2 heterocycles. The predicted molar refractivity (Wildman–Crippen MR) is 113 cm³/mol. The van der Waals surface area contributed by atoms with Crippen molar-refractivity contribution < 1.29 is 14.3 Å². The number of carbonyl (C=O) groups excluding carboxylic acids is 1. The number of rotatable bonds is 5. The SMILES string of the molecule is COc1ccc(-c2nc(CC(=O)N3CCNC[C@@H]3C)cs2)cc1OC.Cl.Cl. The molecule has 150 valence electrons. The fourth-order valence-electron chi connectivity index (χ4n) is 2.96. The Morgan fingerprint density at radius 3 is 2.70 bits per heavy atom. The quantitative estimate of drug-likeness (QED) is 0.784. The third-order valence-electron chi connectivity index (χ3n) is 4.34. The number of methoxy groups -OCH3 is 2. The highest BCUT2D eigenvalue weighted by Crippen LogP contribution is 2.33. The molecular weight excluding hydrogens is 409 g/mol. The Morgan fingerprint density at radius 1 is 1.30 bits per heavy atom. The first-order valence-electron chi connectivity index (χ1n) is 8.29. The second-order valence-electron chi connectivity index (χ2n) is 6.03. The fourth-order valence-corrected chi connectivity index (χ4v) is 3.77. The molecule has 0 radical (unpaired) electrons. The van der Waals surface area contributed by atoms with Crippen LogP contribution < -0.4 is 14.8 Å². The van der Waals surface area contributed by atoms with Gasteiger partial charge in [-0.25, -0.2) is 4.98 Å². The zero-order valence-corrected chi connectivity index (χ0v) is 18.0. The van der Waals surface area contributed by atoms with Crippen molar-refractivity contribution in [3.05, 3.63) is 29.3 Å². The van der Waals surface area contributed by atoms with Gasteiger partial charge in [0.25, 0.3) is 0 Å². The number of nitrogens with one attached hydrogen (secondary N) is 1. The van der Waals surface area contributed by atoms with Gasteiger partial charge in [0.1, 0.15) is 5.01 Å². The molecule has 0 aliphatic carbocycles. The molecule has 1 saturated heterocycles. The lowest BCUT2D eigenvalue weighted by Crippen LogP contribution is -2.52. The maximum absolute atomic E-state index is 12.5. The van der Waals surface area contributed by atoms with E-state index in [0.717, 1.165) is 35.9 Å². The Hall–Kier alpha value is -1.54. The van der Waals surface area contributed by atoms with Crippen LogP contribution in [-0.4, -0.2) is 55.7 Å². The molecule has 27 heavy (non-hydrogen) atoms. The number of carbonyl (C=O) groups is 1. The van der Waals surface area contributed by atoms with Crippen LogP contribution in [0, 0.1) is 0 Å². The van der Waals surface area contributed by atoms with E-state index < -0.39 is 0 Å². The molecular formula is C18H25Cl2N3O3S. The van der Waals surface area contributed by atoms with Crippen LogP contribution in [-0.2, 0) is 11.2 Å². The number of ether oxygens (including phenoxy) is 2. The number of halogens is 2. The summed E-state index contributed by atoms with van der Waals surface area (Å²) in [5.74, 6) is 1.49. The van der Waals surface area contributed by atoms with Gasteiger partial charge >= 0.3 is 0 Å². The molecule has 1 aliphatic rings. The van der Waals surface area contributed by atoms with Gasteiger partial charge in [-0.1, -0.05) is 0 Å². The number of piperazine rings is 1. The minimum absolute atomic E-state index is 0. The summed E-state index contributed by atoms with van der Waals surface area (Å²) in [6.07, 6.45) is 0.341. The molecule has 1 atom stereocenters. The van der Waals surface area contributed by atoms with Crippen LogP contribution in [0.1, 0.15) is 12.6 Å². The standard InChI is InChI=1S/C18H23N3O3S.2ClH/c1-12-10-19-6-7-21(12)17(22)9-14-11-25-18(20-14)13-4-5-15(23-2)16(8-13)24-3;;/h4-5,8,11-12,19H,6-7,9-10H2,1-3H3;2*1H/t12-;;/m0../s1. The molecule has 1 aromatic heterocycles. The molecule has 0 spiro atoms. The molecule has 2 aromatic rings. The van der Waals surface area contributed by atoms with Crippen molar-refractivity contribution >= 4 is 42.1 Å². The van der Waals surface area contributed by atoms with E-state index in [0.29, 0.717) is 17.9 Å². The predicted octanol–water partition coefficient (Wildman–Crippen LogP) is 3.03. The lowest BCUT2D eigenvalue weighted by Gasteiger charge is -2.33. The molecule has 1 aromatic carbocycles. The summed E-state index contributed by atoms with van der Waals surface area (Å²) in [5.41, 5.74) is 1.77. The first-order valence-corrected chi connectivity index (χ1v) is 9.17. The monoisotopic (exact) mass is 433 g/mol. The van der Waals surface area contributed by atoms with Crippen molar-refractivity contribution in [3.63, 3.8) is 0 Å². The zero-order valence-electron chi connectivity index (χ0n) is 15.6. The molecule has 1 aliphatic heterocycles. The number of hydrogen-bond donors (Lipinski definition) is 1. The Balaban J connectivity index is 0.00000182. The summed E-state index contributed by atoms with van der Waals surface area (Å²) in [5, 5.41) is 6.13. The lowest BCUT2D eigenvalue weighted by molar-refractivity contribution is -0.133. The number of aromatic nitrogens is 1. The second kappa shape index (κ2) is 10.7. The van der Waals surface area contributed by atoms with E-state index in [4.69, 9.17) is 9.47 Å². The molecule has 1 amide bonds. The third-order valence-corrected chi connectivity index (χ3v) is 5.28. The smallest absolute Gasteiger partial charge is 0.228 e. The van der Waals surface area contributed by atoms with Gasteiger partial charge < -0.3 is 19.7 Å².